The van der Waals surface area contributed by atoms with Crippen LogP contribution >= 0.6 is 0 Å². The molecule has 1 N–H and O–H groups in total. The fraction of sp³-hybridized carbons (Fsp3) is 0.421. The van der Waals surface area contributed by atoms with E-state index in [1.54, 1.807) is 28.9 Å². The molecule has 1 unspecified atom stereocenters. The van der Waals surface area contributed by atoms with Crippen molar-refractivity contribution in [3.8, 4) is 0 Å². The zero-order chi connectivity index (χ0) is 18.6. The number of nitrogens with one attached hydrogen (secondary N) is 1. The van der Waals surface area contributed by atoms with Crippen LogP contribution in [-0.4, -0.2) is 39.6 Å². The van der Waals surface area contributed by atoms with Crippen LogP contribution in [0.2, 0.25) is 0 Å². The van der Waals surface area contributed by atoms with Gasteiger partial charge in [-0.1, -0.05) is 32.0 Å². The number of carbonyl (C=O) groups excluding carboxylic acids is 2. The molecule has 0 aliphatic heterocycles. The zero-order valence-corrected chi connectivity index (χ0v) is 15.5. The summed E-state index contributed by atoms with van der Waals surface area (Å²) in [5.74, 6) is -0.350. The minimum atomic E-state index is -0.575. The van der Waals surface area contributed by atoms with Crippen molar-refractivity contribution < 1.29 is 9.59 Å². The molecule has 6 nitrogen and oxygen atoms in total. The molecule has 2 aromatic rings. The number of benzene rings is 1. The highest BCUT2D eigenvalue weighted by atomic mass is 16.2. The second-order valence-electron chi connectivity index (χ2n) is 6.73. The standard InChI is InChI=1S/C19H26N4O2/c1-13(2)17(21-18(24)16-9-7-6-8-14(16)3)19(25)22(4)11-15-10-20-23(5)12-15/h6-10,12-13,17H,11H2,1-5H3,(H,21,24). The van der Waals surface area contributed by atoms with E-state index in [4.69, 9.17) is 0 Å². The number of hydrogen-bond acceptors (Lipinski definition) is 3. The number of nitrogens with zero attached hydrogens (tertiary/aromatic N) is 3. The second-order valence-corrected chi connectivity index (χ2v) is 6.73. The lowest BCUT2D eigenvalue weighted by molar-refractivity contribution is -0.133. The van der Waals surface area contributed by atoms with Gasteiger partial charge in [0, 0.05) is 38.0 Å². The Kier molecular flexibility index (Phi) is 5.96. The van der Waals surface area contributed by atoms with E-state index in [0.29, 0.717) is 12.1 Å². The van der Waals surface area contributed by atoms with E-state index in [9.17, 15) is 9.59 Å². The molecular weight excluding hydrogens is 316 g/mol. The Hall–Kier alpha value is -2.63. The molecule has 1 atom stereocenters. The van der Waals surface area contributed by atoms with Crippen molar-refractivity contribution in [1.82, 2.24) is 20.0 Å². The molecule has 0 spiro atoms. The summed E-state index contributed by atoms with van der Waals surface area (Å²) in [6, 6.07) is 6.79. The van der Waals surface area contributed by atoms with Gasteiger partial charge in [0.2, 0.25) is 5.91 Å². The van der Waals surface area contributed by atoms with Gasteiger partial charge in [-0.2, -0.15) is 5.10 Å². The Morgan fingerprint density at radius 2 is 1.96 bits per heavy atom. The average Bonchev–Trinajstić information content (AvgIpc) is 2.96. The quantitative estimate of drug-likeness (QED) is 0.874. The fourth-order valence-corrected chi connectivity index (χ4v) is 2.70. The number of amides is 2. The van der Waals surface area contributed by atoms with Crippen LogP contribution in [0.3, 0.4) is 0 Å². The highest BCUT2D eigenvalue weighted by molar-refractivity contribution is 5.98. The Morgan fingerprint density at radius 3 is 2.52 bits per heavy atom. The average molecular weight is 342 g/mol. The van der Waals surface area contributed by atoms with Crippen molar-refractivity contribution in [2.45, 2.75) is 33.4 Å². The van der Waals surface area contributed by atoms with Crippen molar-refractivity contribution in [3.05, 3.63) is 53.3 Å². The molecule has 0 fully saturated rings. The Bertz CT molecular complexity index is 751. The molecule has 2 rings (SSSR count). The van der Waals surface area contributed by atoms with Crippen LogP contribution in [0.25, 0.3) is 0 Å². The molecule has 134 valence electrons. The number of aromatic nitrogens is 2. The minimum Gasteiger partial charge on any atom is -0.340 e. The monoisotopic (exact) mass is 342 g/mol. The van der Waals surface area contributed by atoms with Crippen molar-refractivity contribution >= 4 is 11.8 Å². The highest BCUT2D eigenvalue weighted by Crippen LogP contribution is 2.12. The van der Waals surface area contributed by atoms with Crippen molar-refractivity contribution in [2.75, 3.05) is 7.05 Å². The van der Waals surface area contributed by atoms with Crippen molar-refractivity contribution in [1.29, 1.82) is 0 Å². The molecule has 1 heterocycles. The molecule has 0 saturated heterocycles. The first kappa shape index (κ1) is 18.7. The van der Waals surface area contributed by atoms with Crippen LogP contribution in [0.1, 0.15) is 35.3 Å². The summed E-state index contributed by atoms with van der Waals surface area (Å²) in [4.78, 5) is 27.0. The molecule has 6 heteroatoms. The van der Waals surface area contributed by atoms with E-state index in [2.05, 4.69) is 10.4 Å². The van der Waals surface area contributed by atoms with Gasteiger partial charge in [0.25, 0.3) is 5.91 Å². The number of likely N-dealkylation sites (N-methyl/N-ethyl adjacent to an activating group) is 1. The number of carbonyl (C=O) groups is 2. The van der Waals surface area contributed by atoms with Crippen LogP contribution in [0.15, 0.2) is 36.7 Å². The highest BCUT2D eigenvalue weighted by Gasteiger charge is 2.27. The normalized spacial score (nSPS) is 12.1. The summed E-state index contributed by atoms with van der Waals surface area (Å²) in [5.41, 5.74) is 2.43. The lowest BCUT2D eigenvalue weighted by atomic mass is 10.0. The van der Waals surface area contributed by atoms with Crippen LogP contribution in [0, 0.1) is 12.8 Å². The SMILES string of the molecule is Cc1ccccc1C(=O)NC(C(=O)N(C)Cc1cnn(C)c1)C(C)C. The molecule has 1 aromatic heterocycles. The van der Waals surface area contributed by atoms with Crippen molar-refractivity contribution in [3.63, 3.8) is 0 Å². The van der Waals surface area contributed by atoms with Gasteiger partial charge in [-0.05, 0) is 24.5 Å². The summed E-state index contributed by atoms with van der Waals surface area (Å²) >= 11 is 0. The summed E-state index contributed by atoms with van der Waals surface area (Å²) < 4.78 is 1.70. The van der Waals surface area contributed by atoms with E-state index in [1.807, 2.05) is 52.2 Å². The third kappa shape index (κ3) is 4.68. The molecule has 25 heavy (non-hydrogen) atoms. The zero-order valence-electron chi connectivity index (χ0n) is 15.5. The summed E-state index contributed by atoms with van der Waals surface area (Å²) in [6.45, 7) is 6.20. The van der Waals surface area contributed by atoms with Crippen LogP contribution in [0.5, 0.6) is 0 Å². The topological polar surface area (TPSA) is 67.2 Å². The maximum Gasteiger partial charge on any atom is 0.252 e. The maximum absolute atomic E-state index is 12.8. The maximum atomic E-state index is 12.8. The van der Waals surface area contributed by atoms with Gasteiger partial charge in [0.15, 0.2) is 0 Å². The Morgan fingerprint density at radius 1 is 1.28 bits per heavy atom. The molecule has 0 saturated carbocycles. The smallest absolute Gasteiger partial charge is 0.252 e. The van der Waals surface area contributed by atoms with E-state index in [1.165, 1.54) is 0 Å². The first-order valence-electron chi connectivity index (χ1n) is 8.38. The lowest BCUT2D eigenvalue weighted by Crippen LogP contribution is -2.50. The predicted molar refractivity (Wildman–Crippen MR) is 97.0 cm³/mol. The molecule has 0 bridgehead atoms. The summed E-state index contributed by atoms with van der Waals surface area (Å²) in [6.07, 6.45) is 3.61. The Balaban J connectivity index is 2.10. The molecule has 2 amide bonds. The Labute approximate surface area is 148 Å². The van der Waals surface area contributed by atoms with Gasteiger partial charge in [0.05, 0.1) is 6.20 Å². The third-order valence-electron chi connectivity index (χ3n) is 4.16. The summed E-state index contributed by atoms with van der Waals surface area (Å²) in [5, 5.41) is 7.01. The largest absolute Gasteiger partial charge is 0.340 e. The molecule has 0 radical (unpaired) electrons. The van der Waals surface area contributed by atoms with Gasteiger partial charge in [-0.15, -0.1) is 0 Å². The van der Waals surface area contributed by atoms with Crippen molar-refractivity contribution in [2.24, 2.45) is 13.0 Å². The number of aryl methyl sites for hydroxylation is 2. The lowest BCUT2D eigenvalue weighted by Gasteiger charge is -2.27. The van der Waals surface area contributed by atoms with E-state index < -0.39 is 6.04 Å². The first-order valence-corrected chi connectivity index (χ1v) is 8.38. The second kappa shape index (κ2) is 7.96. The summed E-state index contributed by atoms with van der Waals surface area (Å²) in [7, 11) is 3.58. The minimum absolute atomic E-state index is 0.0168. The van der Waals surface area contributed by atoms with Gasteiger partial charge >= 0.3 is 0 Å². The molecular formula is C19H26N4O2. The van der Waals surface area contributed by atoms with Crippen LogP contribution in [0.4, 0.5) is 0 Å². The van der Waals surface area contributed by atoms with E-state index in [-0.39, 0.29) is 17.7 Å². The first-order chi connectivity index (χ1) is 11.8. The van der Waals surface area contributed by atoms with Gasteiger partial charge in [0.1, 0.15) is 6.04 Å². The van der Waals surface area contributed by atoms with Gasteiger partial charge in [-0.25, -0.2) is 0 Å². The predicted octanol–water partition coefficient (Wildman–Crippen LogP) is 2.14. The van der Waals surface area contributed by atoms with Gasteiger partial charge < -0.3 is 10.2 Å². The molecule has 0 aliphatic carbocycles. The van der Waals surface area contributed by atoms with Gasteiger partial charge in [-0.3, -0.25) is 14.3 Å². The number of hydrogen-bond donors (Lipinski definition) is 1. The third-order valence-corrected chi connectivity index (χ3v) is 4.16. The van der Waals surface area contributed by atoms with E-state index in [0.717, 1.165) is 11.1 Å². The molecule has 1 aromatic carbocycles. The molecule has 0 aliphatic rings. The fourth-order valence-electron chi connectivity index (χ4n) is 2.70. The van der Waals surface area contributed by atoms with Crippen LogP contribution < -0.4 is 5.32 Å². The van der Waals surface area contributed by atoms with E-state index >= 15 is 0 Å². The number of rotatable bonds is 6. The van der Waals surface area contributed by atoms with Crippen LogP contribution in [-0.2, 0) is 18.4 Å².